The molecule has 1 aromatic heterocycles. The van der Waals surface area contributed by atoms with Crippen LogP contribution in [0.4, 0.5) is 4.79 Å². The topological polar surface area (TPSA) is 59.6 Å². The lowest BCUT2D eigenvalue weighted by molar-refractivity contribution is 0.201. The van der Waals surface area contributed by atoms with Gasteiger partial charge in [0.2, 0.25) is 0 Å². The number of hydrogen-bond donors (Lipinski definition) is 2. The predicted octanol–water partition coefficient (Wildman–Crippen LogP) is 3.02. The van der Waals surface area contributed by atoms with Gasteiger partial charge in [0.05, 0.1) is 20.2 Å². The maximum atomic E-state index is 11.7. The number of methoxy groups -OCH3 is 1. The summed E-state index contributed by atoms with van der Waals surface area (Å²) in [4.78, 5) is 12.8. The second-order valence-electron chi connectivity index (χ2n) is 4.72. The lowest BCUT2D eigenvalue weighted by atomic mass is 10.3. The molecule has 0 saturated carbocycles. The van der Waals surface area contributed by atoms with Crippen LogP contribution in [0.3, 0.4) is 0 Å². The van der Waals surface area contributed by atoms with E-state index in [1.165, 1.54) is 0 Å². The van der Waals surface area contributed by atoms with Gasteiger partial charge >= 0.3 is 6.03 Å². The Bertz CT molecular complexity index is 587. The number of thiophene rings is 1. The minimum atomic E-state index is -0.205. The van der Waals surface area contributed by atoms with E-state index in [0.29, 0.717) is 24.6 Å². The molecule has 2 aromatic rings. The van der Waals surface area contributed by atoms with E-state index < -0.39 is 0 Å². The summed E-state index contributed by atoms with van der Waals surface area (Å²) in [6.45, 7) is 2.84. The Morgan fingerprint density at radius 3 is 2.64 bits per heavy atom. The second-order valence-corrected chi connectivity index (χ2v) is 5.75. The minimum absolute atomic E-state index is 0.163. The summed E-state index contributed by atoms with van der Waals surface area (Å²) >= 11 is 1.61. The first-order chi connectivity index (χ1) is 10.7. The second kappa shape index (κ2) is 8.29. The number of urea groups is 1. The zero-order chi connectivity index (χ0) is 15.8. The molecule has 0 aliphatic heterocycles. The Morgan fingerprint density at radius 2 is 1.95 bits per heavy atom. The SMILES string of the molecule is COc1ccccc1OC(C)CNC(=O)NCc1cccs1. The van der Waals surface area contributed by atoms with Crippen molar-refractivity contribution >= 4 is 17.4 Å². The highest BCUT2D eigenvalue weighted by Gasteiger charge is 2.10. The Labute approximate surface area is 134 Å². The number of rotatable bonds is 7. The molecule has 0 aliphatic carbocycles. The summed E-state index contributed by atoms with van der Waals surface area (Å²) in [5, 5.41) is 7.58. The fourth-order valence-electron chi connectivity index (χ4n) is 1.85. The van der Waals surface area contributed by atoms with Crippen LogP contribution in [-0.4, -0.2) is 25.8 Å². The number of hydrogen-bond acceptors (Lipinski definition) is 4. The third-order valence-corrected chi connectivity index (χ3v) is 3.83. The summed E-state index contributed by atoms with van der Waals surface area (Å²) in [7, 11) is 1.60. The van der Waals surface area contributed by atoms with E-state index in [-0.39, 0.29) is 12.1 Å². The third kappa shape index (κ3) is 4.96. The predicted molar refractivity (Wildman–Crippen MR) is 87.6 cm³/mol. The van der Waals surface area contributed by atoms with Gasteiger partial charge in [0.15, 0.2) is 11.5 Å². The van der Waals surface area contributed by atoms with Gasteiger partial charge in [-0.2, -0.15) is 0 Å². The molecule has 0 aliphatic rings. The molecule has 118 valence electrons. The zero-order valence-corrected chi connectivity index (χ0v) is 13.5. The van der Waals surface area contributed by atoms with Crippen LogP contribution < -0.4 is 20.1 Å². The molecule has 0 radical (unpaired) electrons. The average molecular weight is 320 g/mol. The number of amides is 2. The van der Waals surface area contributed by atoms with Crippen molar-refractivity contribution in [1.29, 1.82) is 0 Å². The van der Waals surface area contributed by atoms with E-state index >= 15 is 0 Å². The molecule has 0 fully saturated rings. The summed E-state index contributed by atoms with van der Waals surface area (Å²) in [6.07, 6.45) is -0.163. The number of para-hydroxylation sites is 2. The lowest BCUT2D eigenvalue weighted by Gasteiger charge is -2.17. The van der Waals surface area contributed by atoms with Crippen LogP contribution in [0.2, 0.25) is 0 Å². The van der Waals surface area contributed by atoms with Gasteiger partial charge in [-0.1, -0.05) is 18.2 Å². The van der Waals surface area contributed by atoms with Gasteiger partial charge in [-0.3, -0.25) is 0 Å². The fraction of sp³-hybridized carbons (Fsp3) is 0.312. The first-order valence-electron chi connectivity index (χ1n) is 7.03. The highest BCUT2D eigenvalue weighted by Crippen LogP contribution is 2.26. The van der Waals surface area contributed by atoms with Gasteiger partial charge in [0, 0.05) is 4.88 Å². The van der Waals surface area contributed by atoms with E-state index in [1.54, 1.807) is 18.4 Å². The van der Waals surface area contributed by atoms with Crippen molar-refractivity contribution in [3.63, 3.8) is 0 Å². The molecule has 0 saturated heterocycles. The highest BCUT2D eigenvalue weighted by molar-refractivity contribution is 7.09. The van der Waals surface area contributed by atoms with Crippen LogP contribution in [0.1, 0.15) is 11.8 Å². The molecule has 0 spiro atoms. The summed E-state index contributed by atoms with van der Waals surface area (Å²) in [5.74, 6) is 1.34. The monoisotopic (exact) mass is 320 g/mol. The molecule has 1 unspecified atom stereocenters. The van der Waals surface area contributed by atoms with Gasteiger partial charge in [0.1, 0.15) is 6.10 Å². The molecule has 1 aromatic carbocycles. The largest absolute Gasteiger partial charge is 0.493 e. The van der Waals surface area contributed by atoms with Crippen LogP contribution in [-0.2, 0) is 6.54 Å². The molecular weight excluding hydrogens is 300 g/mol. The number of nitrogens with one attached hydrogen (secondary N) is 2. The van der Waals surface area contributed by atoms with Crippen molar-refractivity contribution in [3.05, 3.63) is 46.7 Å². The van der Waals surface area contributed by atoms with Crippen molar-refractivity contribution in [2.24, 2.45) is 0 Å². The maximum Gasteiger partial charge on any atom is 0.315 e. The van der Waals surface area contributed by atoms with Crippen molar-refractivity contribution in [2.45, 2.75) is 19.6 Å². The van der Waals surface area contributed by atoms with Crippen LogP contribution in [0.25, 0.3) is 0 Å². The number of ether oxygens (including phenoxy) is 2. The van der Waals surface area contributed by atoms with E-state index in [4.69, 9.17) is 9.47 Å². The van der Waals surface area contributed by atoms with Gasteiger partial charge in [-0.15, -0.1) is 11.3 Å². The van der Waals surface area contributed by atoms with Crippen molar-refractivity contribution in [1.82, 2.24) is 10.6 Å². The molecule has 5 nitrogen and oxygen atoms in total. The molecule has 2 rings (SSSR count). The molecule has 6 heteroatoms. The van der Waals surface area contributed by atoms with Crippen LogP contribution >= 0.6 is 11.3 Å². The maximum absolute atomic E-state index is 11.7. The van der Waals surface area contributed by atoms with Crippen molar-refractivity contribution < 1.29 is 14.3 Å². The Balaban J connectivity index is 1.72. The normalized spacial score (nSPS) is 11.5. The summed E-state index contributed by atoms with van der Waals surface area (Å²) < 4.78 is 11.0. The first-order valence-corrected chi connectivity index (χ1v) is 7.90. The fourth-order valence-corrected chi connectivity index (χ4v) is 2.50. The first kappa shape index (κ1) is 16.2. The van der Waals surface area contributed by atoms with Crippen LogP contribution in [0, 0.1) is 0 Å². The molecule has 1 atom stereocenters. The van der Waals surface area contributed by atoms with Gasteiger partial charge in [-0.25, -0.2) is 4.79 Å². The minimum Gasteiger partial charge on any atom is -0.493 e. The van der Waals surface area contributed by atoms with E-state index in [9.17, 15) is 4.79 Å². The van der Waals surface area contributed by atoms with E-state index in [1.807, 2.05) is 48.7 Å². The van der Waals surface area contributed by atoms with Gasteiger partial charge in [0.25, 0.3) is 0 Å². The van der Waals surface area contributed by atoms with E-state index in [0.717, 1.165) is 4.88 Å². The van der Waals surface area contributed by atoms with E-state index in [2.05, 4.69) is 10.6 Å². The summed E-state index contributed by atoms with van der Waals surface area (Å²) in [6, 6.07) is 11.2. The molecule has 22 heavy (non-hydrogen) atoms. The van der Waals surface area contributed by atoms with Crippen molar-refractivity contribution in [2.75, 3.05) is 13.7 Å². The number of benzene rings is 1. The third-order valence-electron chi connectivity index (χ3n) is 2.95. The Hall–Kier alpha value is -2.21. The number of carbonyl (C=O) groups excluding carboxylic acids is 1. The molecule has 1 heterocycles. The number of carbonyl (C=O) groups is 1. The average Bonchev–Trinajstić information content (AvgIpc) is 3.05. The smallest absolute Gasteiger partial charge is 0.315 e. The van der Waals surface area contributed by atoms with Crippen molar-refractivity contribution in [3.8, 4) is 11.5 Å². The molecular formula is C16H20N2O3S. The molecule has 2 amide bonds. The molecule has 2 N–H and O–H groups in total. The lowest BCUT2D eigenvalue weighted by Crippen LogP contribution is -2.40. The van der Waals surface area contributed by atoms with Crippen LogP contribution in [0.5, 0.6) is 11.5 Å². The van der Waals surface area contributed by atoms with Crippen LogP contribution in [0.15, 0.2) is 41.8 Å². The highest BCUT2D eigenvalue weighted by atomic mass is 32.1. The Morgan fingerprint density at radius 1 is 1.18 bits per heavy atom. The molecule has 0 bridgehead atoms. The van der Waals surface area contributed by atoms with Gasteiger partial charge < -0.3 is 20.1 Å². The standard InChI is InChI=1S/C16H20N2O3S/c1-12(21-15-8-4-3-7-14(15)20-2)10-17-16(19)18-11-13-6-5-9-22-13/h3-9,12H,10-11H2,1-2H3,(H2,17,18,19). The quantitative estimate of drug-likeness (QED) is 0.824. The van der Waals surface area contributed by atoms with Gasteiger partial charge in [-0.05, 0) is 30.5 Å². The zero-order valence-electron chi connectivity index (χ0n) is 12.7. The Kier molecular flexibility index (Phi) is 6.09. The summed E-state index contributed by atoms with van der Waals surface area (Å²) in [5.41, 5.74) is 0.